The van der Waals surface area contributed by atoms with Gasteiger partial charge < -0.3 is 14.8 Å². The lowest BCUT2D eigenvalue weighted by molar-refractivity contribution is 0.0662. The van der Waals surface area contributed by atoms with E-state index in [1.807, 2.05) is 35.3 Å². The fourth-order valence-corrected chi connectivity index (χ4v) is 3.67. The van der Waals surface area contributed by atoms with Crippen molar-refractivity contribution in [1.82, 2.24) is 25.0 Å². The summed E-state index contributed by atoms with van der Waals surface area (Å²) < 4.78 is 13.0. The Morgan fingerprint density at radius 3 is 3.00 bits per heavy atom. The molecule has 2 N–H and O–H groups in total. The molecule has 3 aromatic heterocycles. The SMILES string of the molecule is COc1cccc2nc(Nc3cnn(C4CCOCC4)c3)c3[nH]ncc3c12. The van der Waals surface area contributed by atoms with Crippen LogP contribution >= 0.6 is 0 Å². The normalized spacial score (nSPS) is 15.4. The second kappa shape index (κ2) is 6.55. The topological polar surface area (TPSA) is 89.9 Å². The Morgan fingerprint density at radius 2 is 2.15 bits per heavy atom. The molecule has 0 atom stereocenters. The summed E-state index contributed by atoms with van der Waals surface area (Å²) in [4.78, 5) is 4.78. The van der Waals surface area contributed by atoms with Crippen LogP contribution in [-0.2, 0) is 4.74 Å². The number of rotatable bonds is 4. The molecule has 4 aromatic rings. The summed E-state index contributed by atoms with van der Waals surface area (Å²) >= 11 is 0. The summed E-state index contributed by atoms with van der Waals surface area (Å²) in [7, 11) is 1.66. The lowest BCUT2D eigenvalue weighted by Crippen LogP contribution is -2.19. The van der Waals surface area contributed by atoms with E-state index >= 15 is 0 Å². The van der Waals surface area contributed by atoms with Gasteiger partial charge in [-0.3, -0.25) is 9.78 Å². The molecule has 1 aliphatic heterocycles. The summed E-state index contributed by atoms with van der Waals surface area (Å²) in [5.74, 6) is 1.50. The second-order valence-corrected chi connectivity index (χ2v) is 6.65. The molecule has 5 rings (SSSR count). The third-order valence-electron chi connectivity index (χ3n) is 5.03. The molecular formula is C19H20N6O2. The maximum Gasteiger partial charge on any atom is 0.157 e. The number of nitrogens with one attached hydrogen (secondary N) is 2. The van der Waals surface area contributed by atoms with Crippen LogP contribution in [0.3, 0.4) is 0 Å². The van der Waals surface area contributed by atoms with Crippen LogP contribution in [-0.4, -0.2) is 45.3 Å². The van der Waals surface area contributed by atoms with Crippen molar-refractivity contribution >= 4 is 33.3 Å². The maximum atomic E-state index is 5.51. The Morgan fingerprint density at radius 1 is 1.26 bits per heavy atom. The first-order valence-corrected chi connectivity index (χ1v) is 9.02. The van der Waals surface area contributed by atoms with Crippen molar-refractivity contribution in [3.05, 3.63) is 36.8 Å². The van der Waals surface area contributed by atoms with E-state index in [1.54, 1.807) is 13.3 Å². The molecule has 8 nitrogen and oxygen atoms in total. The van der Waals surface area contributed by atoms with Crippen LogP contribution in [0.2, 0.25) is 0 Å². The van der Waals surface area contributed by atoms with Gasteiger partial charge in [-0.05, 0) is 25.0 Å². The molecule has 1 aromatic carbocycles. The number of hydrogen-bond donors (Lipinski definition) is 2. The summed E-state index contributed by atoms with van der Waals surface area (Å²) in [6.45, 7) is 1.58. The summed E-state index contributed by atoms with van der Waals surface area (Å²) in [5, 5.41) is 17.1. The van der Waals surface area contributed by atoms with Crippen LogP contribution in [0.4, 0.5) is 11.5 Å². The van der Waals surface area contributed by atoms with Crippen LogP contribution in [0.1, 0.15) is 18.9 Å². The van der Waals surface area contributed by atoms with Crippen molar-refractivity contribution in [2.24, 2.45) is 0 Å². The Balaban J connectivity index is 1.53. The second-order valence-electron chi connectivity index (χ2n) is 6.65. The molecule has 4 heterocycles. The lowest BCUT2D eigenvalue weighted by Gasteiger charge is -2.22. The molecule has 0 radical (unpaired) electrons. The standard InChI is InChI=1S/C19H20N6O2/c1-26-16-4-2-3-15-17(16)14-10-20-24-18(14)19(23-15)22-12-9-21-25(11-12)13-5-7-27-8-6-13/h2-4,9-11,13H,5-8H2,1H3,(H,20,24)(H,22,23). The predicted octanol–water partition coefficient (Wildman–Crippen LogP) is 3.41. The van der Waals surface area contributed by atoms with Crippen LogP contribution in [0.15, 0.2) is 36.8 Å². The maximum absolute atomic E-state index is 5.51. The van der Waals surface area contributed by atoms with Gasteiger partial charge in [0, 0.05) is 24.8 Å². The minimum Gasteiger partial charge on any atom is -0.496 e. The van der Waals surface area contributed by atoms with E-state index in [-0.39, 0.29) is 0 Å². The Labute approximate surface area is 155 Å². The molecule has 0 amide bonds. The van der Waals surface area contributed by atoms with Gasteiger partial charge in [-0.2, -0.15) is 10.2 Å². The van der Waals surface area contributed by atoms with Gasteiger partial charge in [0.1, 0.15) is 11.3 Å². The van der Waals surface area contributed by atoms with Crippen LogP contribution in [0.5, 0.6) is 5.75 Å². The van der Waals surface area contributed by atoms with Crippen molar-refractivity contribution < 1.29 is 9.47 Å². The van der Waals surface area contributed by atoms with Gasteiger partial charge in [-0.1, -0.05) is 6.07 Å². The van der Waals surface area contributed by atoms with E-state index < -0.39 is 0 Å². The predicted molar refractivity (Wildman–Crippen MR) is 103 cm³/mol. The third-order valence-corrected chi connectivity index (χ3v) is 5.03. The van der Waals surface area contributed by atoms with Gasteiger partial charge in [0.25, 0.3) is 0 Å². The van der Waals surface area contributed by atoms with E-state index in [2.05, 4.69) is 20.6 Å². The highest BCUT2D eigenvalue weighted by molar-refractivity contribution is 6.11. The average molecular weight is 364 g/mol. The molecule has 0 bridgehead atoms. The number of aromatic nitrogens is 5. The minimum absolute atomic E-state index is 0.385. The first-order valence-electron chi connectivity index (χ1n) is 9.02. The number of H-pyrrole nitrogens is 1. The average Bonchev–Trinajstić information content (AvgIpc) is 3.38. The van der Waals surface area contributed by atoms with E-state index in [0.29, 0.717) is 6.04 Å². The van der Waals surface area contributed by atoms with Gasteiger partial charge in [0.2, 0.25) is 0 Å². The molecule has 0 unspecified atom stereocenters. The number of aromatic amines is 1. The van der Waals surface area contributed by atoms with Crippen molar-refractivity contribution in [2.45, 2.75) is 18.9 Å². The van der Waals surface area contributed by atoms with Crippen LogP contribution < -0.4 is 10.1 Å². The Kier molecular flexibility index (Phi) is 3.90. The summed E-state index contributed by atoms with van der Waals surface area (Å²) in [6.07, 6.45) is 7.63. The number of benzene rings is 1. The first-order chi connectivity index (χ1) is 13.3. The molecule has 0 spiro atoms. The molecule has 1 aliphatic rings. The zero-order valence-electron chi connectivity index (χ0n) is 15.0. The van der Waals surface area contributed by atoms with Crippen molar-refractivity contribution in [3.63, 3.8) is 0 Å². The van der Waals surface area contributed by atoms with E-state index in [4.69, 9.17) is 14.5 Å². The summed E-state index contributed by atoms with van der Waals surface area (Å²) in [6, 6.07) is 6.23. The Bertz CT molecular complexity index is 1100. The number of pyridine rings is 1. The zero-order chi connectivity index (χ0) is 18.2. The molecule has 1 saturated heterocycles. The lowest BCUT2D eigenvalue weighted by atomic mass is 10.1. The highest BCUT2D eigenvalue weighted by Gasteiger charge is 2.18. The number of ether oxygens (including phenoxy) is 2. The Hall–Kier alpha value is -3.13. The van der Waals surface area contributed by atoms with Gasteiger partial charge in [-0.15, -0.1) is 0 Å². The molecule has 8 heteroatoms. The number of hydrogen-bond acceptors (Lipinski definition) is 6. The monoisotopic (exact) mass is 364 g/mol. The number of anilines is 2. The van der Waals surface area contributed by atoms with Gasteiger partial charge in [0.15, 0.2) is 5.82 Å². The van der Waals surface area contributed by atoms with E-state index in [9.17, 15) is 0 Å². The highest BCUT2D eigenvalue weighted by Crippen LogP contribution is 2.35. The number of fused-ring (bicyclic) bond motifs is 3. The molecule has 27 heavy (non-hydrogen) atoms. The fourth-order valence-electron chi connectivity index (χ4n) is 3.67. The van der Waals surface area contributed by atoms with E-state index in [1.165, 1.54) is 0 Å². The summed E-state index contributed by atoms with van der Waals surface area (Å²) in [5.41, 5.74) is 2.58. The molecule has 1 fully saturated rings. The minimum atomic E-state index is 0.385. The largest absolute Gasteiger partial charge is 0.496 e. The quantitative estimate of drug-likeness (QED) is 0.577. The molecule has 138 valence electrons. The number of methoxy groups -OCH3 is 1. The highest BCUT2D eigenvalue weighted by atomic mass is 16.5. The fraction of sp³-hybridized carbons (Fsp3) is 0.316. The van der Waals surface area contributed by atoms with Crippen LogP contribution in [0.25, 0.3) is 21.8 Å². The first kappa shape index (κ1) is 16.1. The smallest absolute Gasteiger partial charge is 0.157 e. The van der Waals surface area contributed by atoms with Crippen molar-refractivity contribution in [3.8, 4) is 5.75 Å². The van der Waals surface area contributed by atoms with Crippen LogP contribution in [0, 0.1) is 0 Å². The van der Waals surface area contributed by atoms with Gasteiger partial charge in [-0.25, -0.2) is 4.98 Å². The molecular weight excluding hydrogens is 344 g/mol. The van der Waals surface area contributed by atoms with Gasteiger partial charge in [0.05, 0.1) is 42.1 Å². The van der Waals surface area contributed by atoms with Gasteiger partial charge >= 0.3 is 0 Å². The number of nitrogens with zero attached hydrogens (tertiary/aromatic N) is 4. The molecule has 0 aliphatic carbocycles. The zero-order valence-corrected chi connectivity index (χ0v) is 15.0. The van der Waals surface area contributed by atoms with Crippen molar-refractivity contribution in [1.29, 1.82) is 0 Å². The van der Waals surface area contributed by atoms with Crippen molar-refractivity contribution in [2.75, 3.05) is 25.6 Å². The van der Waals surface area contributed by atoms with E-state index in [0.717, 1.165) is 65.1 Å². The third kappa shape index (κ3) is 2.78. The molecule has 0 saturated carbocycles.